The summed E-state index contributed by atoms with van der Waals surface area (Å²) < 4.78 is 51.1. The normalized spacial score (nSPS) is 16.0. The van der Waals surface area contributed by atoms with Crippen molar-refractivity contribution in [3.05, 3.63) is 94.8 Å². The van der Waals surface area contributed by atoms with Gasteiger partial charge in [0.05, 0.1) is 19.8 Å². The molecule has 0 amide bonds. The number of hydrogen-bond donors (Lipinski definition) is 2. The standard InChI is InChI=1S/C30H26F3N3O3/c1-38-19-6-8-25-23(14-19)24(15-34-25)29(37)28-27-21(22-13-20(39-2)7-9-26(22)35-27)10-11-36(28)16-17-4-3-5-18(12-17)30(31,32)33/h3-9,12-15,28,34-35H,10-11,16H2,1-2H3. The van der Waals surface area contributed by atoms with Crippen molar-refractivity contribution >= 4 is 27.6 Å². The molecule has 6 nitrogen and oxygen atoms in total. The molecule has 0 bridgehead atoms. The van der Waals surface area contributed by atoms with Gasteiger partial charge in [0.1, 0.15) is 17.5 Å². The van der Waals surface area contributed by atoms with Crippen molar-refractivity contribution in [3.63, 3.8) is 0 Å². The Morgan fingerprint density at radius 1 is 0.974 bits per heavy atom. The number of carbonyl (C=O) groups is 1. The van der Waals surface area contributed by atoms with Gasteiger partial charge in [-0.3, -0.25) is 9.69 Å². The van der Waals surface area contributed by atoms with E-state index in [0.717, 1.165) is 45.2 Å². The highest BCUT2D eigenvalue weighted by atomic mass is 19.4. The van der Waals surface area contributed by atoms with Gasteiger partial charge in [-0.2, -0.15) is 13.2 Å². The van der Waals surface area contributed by atoms with Gasteiger partial charge in [0.15, 0.2) is 5.78 Å². The average molecular weight is 534 g/mol. The van der Waals surface area contributed by atoms with Crippen molar-refractivity contribution in [2.24, 2.45) is 0 Å². The van der Waals surface area contributed by atoms with E-state index < -0.39 is 17.8 Å². The van der Waals surface area contributed by atoms with Crippen LogP contribution in [0.2, 0.25) is 0 Å². The van der Waals surface area contributed by atoms with Gasteiger partial charge < -0.3 is 19.4 Å². The maximum Gasteiger partial charge on any atom is 0.416 e. The van der Waals surface area contributed by atoms with Crippen LogP contribution in [0.1, 0.15) is 38.8 Å². The lowest BCUT2D eigenvalue weighted by Gasteiger charge is -2.35. The molecule has 2 aromatic heterocycles. The quantitative estimate of drug-likeness (QED) is 0.239. The largest absolute Gasteiger partial charge is 0.497 e. The maximum absolute atomic E-state index is 14.3. The lowest BCUT2D eigenvalue weighted by Crippen LogP contribution is -2.39. The highest BCUT2D eigenvalue weighted by Crippen LogP contribution is 2.40. The molecule has 1 aliphatic rings. The number of aromatic amines is 2. The number of aromatic nitrogens is 2. The van der Waals surface area contributed by atoms with E-state index in [9.17, 15) is 18.0 Å². The molecule has 1 aliphatic heterocycles. The highest BCUT2D eigenvalue weighted by Gasteiger charge is 2.37. The Morgan fingerprint density at radius 2 is 1.69 bits per heavy atom. The van der Waals surface area contributed by atoms with E-state index in [2.05, 4.69) is 9.97 Å². The van der Waals surface area contributed by atoms with Gasteiger partial charge in [0.2, 0.25) is 0 Å². The Labute approximate surface area is 222 Å². The number of carbonyl (C=O) groups excluding carboxylic acids is 1. The smallest absolute Gasteiger partial charge is 0.416 e. The van der Waals surface area contributed by atoms with Crippen LogP contribution in [0.15, 0.2) is 66.9 Å². The van der Waals surface area contributed by atoms with Crippen LogP contribution in [0.5, 0.6) is 11.5 Å². The van der Waals surface area contributed by atoms with Gasteiger partial charge in [-0.15, -0.1) is 0 Å². The second-order valence-corrected chi connectivity index (χ2v) is 9.73. The average Bonchev–Trinajstić information content (AvgIpc) is 3.52. The number of hydrogen-bond acceptors (Lipinski definition) is 4. The van der Waals surface area contributed by atoms with E-state index in [0.29, 0.717) is 35.6 Å². The van der Waals surface area contributed by atoms with E-state index in [-0.39, 0.29) is 12.3 Å². The molecule has 0 saturated carbocycles. The molecule has 0 spiro atoms. The summed E-state index contributed by atoms with van der Waals surface area (Å²) >= 11 is 0. The van der Waals surface area contributed by atoms with E-state index in [1.807, 2.05) is 41.3 Å². The number of Topliss-reactive ketones (excluding diaryl/α,β-unsaturated/α-hetero) is 1. The first kappa shape index (κ1) is 25.1. The molecule has 0 radical (unpaired) electrons. The minimum atomic E-state index is -4.44. The third-order valence-electron chi connectivity index (χ3n) is 7.48. The second kappa shape index (κ2) is 9.50. The first-order valence-corrected chi connectivity index (χ1v) is 12.5. The summed E-state index contributed by atoms with van der Waals surface area (Å²) in [6.07, 6.45) is -2.12. The maximum atomic E-state index is 14.3. The van der Waals surface area contributed by atoms with E-state index in [1.54, 1.807) is 26.5 Å². The van der Waals surface area contributed by atoms with E-state index in [1.165, 1.54) is 6.07 Å². The van der Waals surface area contributed by atoms with Crippen LogP contribution >= 0.6 is 0 Å². The van der Waals surface area contributed by atoms with Gasteiger partial charge in [0, 0.05) is 52.3 Å². The number of rotatable bonds is 6. The van der Waals surface area contributed by atoms with Crippen LogP contribution in [0.25, 0.3) is 21.8 Å². The van der Waals surface area contributed by atoms with Gasteiger partial charge in [-0.25, -0.2) is 0 Å². The van der Waals surface area contributed by atoms with Gasteiger partial charge in [-0.1, -0.05) is 18.2 Å². The number of methoxy groups -OCH3 is 2. The number of ether oxygens (including phenoxy) is 2. The van der Waals surface area contributed by atoms with Gasteiger partial charge in [-0.05, 0) is 60.0 Å². The fraction of sp³-hybridized carbons (Fsp3) is 0.233. The summed E-state index contributed by atoms with van der Waals surface area (Å²) in [5.41, 5.74) is 3.71. The second-order valence-electron chi connectivity index (χ2n) is 9.73. The number of nitrogens with zero attached hydrogens (tertiary/aromatic N) is 1. The Morgan fingerprint density at radius 3 is 2.41 bits per heavy atom. The SMILES string of the molecule is COc1ccc2[nH]cc(C(=O)C3c4[nH]c5ccc(OC)cc5c4CCN3Cc3cccc(C(F)(F)F)c3)c2c1. The molecule has 6 rings (SSSR count). The predicted molar refractivity (Wildman–Crippen MR) is 142 cm³/mol. The first-order valence-electron chi connectivity index (χ1n) is 12.5. The number of nitrogens with one attached hydrogen (secondary N) is 2. The number of fused-ring (bicyclic) bond motifs is 4. The van der Waals surface area contributed by atoms with Gasteiger partial charge >= 0.3 is 6.18 Å². The number of benzene rings is 3. The Hall–Kier alpha value is -4.24. The Kier molecular flexibility index (Phi) is 6.10. The van der Waals surface area contributed by atoms with Crippen molar-refractivity contribution in [1.82, 2.24) is 14.9 Å². The molecule has 3 aromatic carbocycles. The predicted octanol–water partition coefficient (Wildman–Crippen LogP) is 6.67. The third-order valence-corrected chi connectivity index (χ3v) is 7.48. The number of H-pyrrole nitrogens is 2. The molecule has 200 valence electrons. The van der Waals surface area contributed by atoms with E-state index >= 15 is 0 Å². The topological polar surface area (TPSA) is 70.3 Å². The summed E-state index contributed by atoms with van der Waals surface area (Å²) in [5.74, 6) is 1.18. The zero-order valence-electron chi connectivity index (χ0n) is 21.4. The molecule has 1 atom stereocenters. The number of alkyl halides is 3. The van der Waals surface area contributed by atoms with Crippen molar-refractivity contribution < 1.29 is 27.4 Å². The molecular weight excluding hydrogens is 507 g/mol. The fourth-order valence-corrected chi connectivity index (χ4v) is 5.57. The van der Waals surface area contributed by atoms with Crippen LogP contribution in [0.3, 0.4) is 0 Å². The van der Waals surface area contributed by atoms with Crippen LogP contribution < -0.4 is 9.47 Å². The Balaban J connectivity index is 1.47. The third kappa shape index (κ3) is 4.42. The fourth-order valence-electron chi connectivity index (χ4n) is 5.57. The lowest BCUT2D eigenvalue weighted by molar-refractivity contribution is -0.137. The number of ketones is 1. The zero-order chi connectivity index (χ0) is 27.3. The van der Waals surface area contributed by atoms with Crippen LogP contribution in [-0.2, 0) is 19.1 Å². The van der Waals surface area contributed by atoms with Crippen molar-refractivity contribution in [3.8, 4) is 11.5 Å². The molecule has 5 aromatic rings. The molecule has 1 unspecified atom stereocenters. The lowest BCUT2D eigenvalue weighted by atomic mass is 9.91. The summed E-state index contributed by atoms with van der Waals surface area (Å²) in [5, 5.41) is 1.70. The molecule has 0 aliphatic carbocycles. The number of halogens is 3. The van der Waals surface area contributed by atoms with Crippen LogP contribution in [-0.4, -0.2) is 41.4 Å². The summed E-state index contributed by atoms with van der Waals surface area (Å²) in [7, 11) is 3.17. The minimum absolute atomic E-state index is 0.152. The molecular formula is C30H26F3N3O3. The van der Waals surface area contributed by atoms with Gasteiger partial charge in [0.25, 0.3) is 0 Å². The van der Waals surface area contributed by atoms with Crippen molar-refractivity contribution in [2.45, 2.75) is 25.2 Å². The molecule has 39 heavy (non-hydrogen) atoms. The monoisotopic (exact) mass is 533 g/mol. The molecule has 0 fully saturated rings. The summed E-state index contributed by atoms with van der Waals surface area (Å²) in [6, 6.07) is 15.8. The first-order chi connectivity index (χ1) is 18.8. The Bertz CT molecular complexity index is 1700. The molecule has 0 saturated heterocycles. The summed E-state index contributed by atoms with van der Waals surface area (Å²) in [4.78, 5) is 22.9. The van der Waals surface area contributed by atoms with Crippen LogP contribution in [0, 0.1) is 0 Å². The molecule has 9 heteroatoms. The zero-order valence-corrected chi connectivity index (χ0v) is 21.4. The van der Waals surface area contributed by atoms with Crippen molar-refractivity contribution in [1.29, 1.82) is 0 Å². The van der Waals surface area contributed by atoms with Crippen molar-refractivity contribution in [2.75, 3.05) is 20.8 Å². The van der Waals surface area contributed by atoms with E-state index in [4.69, 9.17) is 9.47 Å². The molecule has 2 N–H and O–H groups in total. The highest BCUT2D eigenvalue weighted by molar-refractivity contribution is 6.11. The van der Waals surface area contributed by atoms with Crippen LogP contribution in [0.4, 0.5) is 13.2 Å². The minimum Gasteiger partial charge on any atom is -0.497 e. The molecule has 3 heterocycles. The summed E-state index contributed by atoms with van der Waals surface area (Å²) in [6.45, 7) is 0.680.